The van der Waals surface area contributed by atoms with Crippen molar-refractivity contribution in [3.63, 3.8) is 0 Å². The summed E-state index contributed by atoms with van der Waals surface area (Å²) in [6.07, 6.45) is -2.74. The number of anilines is 2. The molecule has 0 spiro atoms. The third-order valence-corrected chi connectivity index (χ3v) is 3.28. The molecule has 0 aromatic carbocycles. The highest BCUT2D eigenvalue weighted by Gasteiger charge is 2.36. The first-order valence-electron chi connectivity index (χ1n) is 6.90. The molecule has 0 saturated carbocycles. The highest BCUT2D eigenvalue weighted by Crippen LogP contribution is 2.29. The van der Waals surface area contributed by atoms with E-state index in [4.69, 9.17) is 4.74 Å². The quantitative estimate of drug-likeness (QED) is 0.876. The zero-order chi connectivity index (χ0) is 15.5. The monoisotopic (exact) mass is 304 g/mol. The molecule has 1 fully saturated rings. The van der Waals surface area contributed by atoms with Crippen LogP contribution in [0, 0.1) is 0 Å². The minimum atomic E-state index is -4.57. The normalized spacial score (nSPS) is 22.3. The molecule has 118 valence electrons. The first-order valence-corrected chi connectivity index (χ1v) is 6.90. The SMILES string of the molecule is CCNc1cc(NCC2(C)CCCO2)nc(C(F)(F)F)n1. The lowest BCUT2D eigenvalue weighted by molar-refractivity contribution is -0.144. The van der Waals surface area contributed by atoms with Gasteiger partial charge in [-0.3, -0.25) is 0 Å². The average Bonchev–Trinajstić information content (AvgIpc) is 2.83. The lowest BCUT2D eigenvalue weighted by atomic mass is 10.0. The molecule has 0 radical (unpaired) electrons. The molecule has 0 amide bonds. The largest absolute Gasteiger partial charge is 0.451 e. The molecule has 1 aromatic heterocycles. The second kappa shape index (κ2) is 6.05. The average molecular weight is 304 g/mol. The third kappa shape index (κ3) is 4.20. The second-order valence-corrected chi connectivity index (χ2v) is 5.25. The van der Waals surface area contributed by atoms with E-state index in [9.17, 15) is 13.2 Å². The molecule has 1 atom stereocenters. The molecule has 1 aliphatic rings. The molecule has 8 heteroatoms. The summed E-state index contributed by atoms with van der Waals surface area (Å²) in [5, 5.41) is 5.70. The first kappa shape index (κ1) is 15.8. The minimum absolute atomic E-state index is 0.144. The first-order chi connectivity index (χ1) is 9.82. The van der Waals surface area contributed by atoms with E-state index in [0.717, 1.165) is 12.8 Å². The van der Waals surface area contributed by atoms with Gasteiger partial charge in [0, 0.05) is 25.8 Å². The van der Waals surface area contributed by atoms with Crippen molar-refractivity contribution in [2.75, 3.05) is 30.3 Å². The Kier molecular flexibility index (Phi) is 4.55. The van der Waals surface area contributed by atoms with Crippen LogP contribution in [0.2, 0.25) is 0 Å². The van der Waals surface area contributed by atoms with Crippen molar-refractivity contribution in [3.8, 4) is 0 Å². The van der Waals surface area contributed by atoms with E-state index in [1.807, 2.05) is 6.92 Å². The van der Waals surface area contributed by atoms with Gasteiger partial charge in [0.15, 0.2) is 0 Å². The van der Waals surface area contributed by atoms with Gasteiger partial charge in [0.05, 0.1) is 5.60 Å². The Labute approximate surface area is 121 Å². The molecular formula is C13H19F3N4O. The topological polar surface area (TPSA) is 59.1 Å². The molecule has 0 aliphatic carbocycles. The Morgan fingerprint density at radius 1 is 1.29 bits per heavy atom. The Hall–Kier alpha value is -1.57. The van der Waals surface area contributed by atoms with Crippen LogP contribution < -0.4 is 10.6 Å². The van der Waals surface area contributed by atoms with Crippen LogP contribution in [0.1, 0.15) is 32.5 Å². The van der Waals surface area contributed by atoms with E-state index in [1.54, 1.807) is 6.92 Å². The van der Waals surface area contributed by atoms with Crippen LogP contribution in [-0.4, -0.2) is 35.3 Å². The predicted octanol–water partition coefficient (Wildman–Crippen LogP) is 2.91. The summed E-state index contributed by atoms with van der Waals surface area (Å²) in [7, 11) is 0. The predicted molar refractivity (Wildman–Crippen MR) is 73.3 cm³/mol. The van der Waals surface area contributed by atoms with Gasteiger partial charge in [-0.05, 0) is 26.7 Å². The molecule has 2 heterocycles. The number of rotatable bonds is 5. The third-order valence-electron chi connectivity index (χ3n) is 3.28. The van der Waals surface area contributed by atoms with E-state index in [2.05, 4.69) is 20.6 Å². The van der Waals surface area contributed by atoms with Crippen LogP contribution in [0.3, 0.4) is 0 Å². The molecule has 5 nitrogen and oxygen atoms in total. The number of hydrogen-bond acceptors (Lipinski definition) is 5. The van der Waals surface area contributed by atoms with Crippen LogP contribution >= 0.6 is 0 Å². The van der Waals surface area contributed by atoms with Gasteiger partial charge >= 0.3 is 6.18 Å². The highest BCUT2D eigenvalue weighted by atomic mass is 19.4. The van der Waals surface area contributed by atoms with Crippen LogP contribution in [-0.2, 0) is 10.9 Å². The summed E-state index contributed by atoms with van der Waals surface area (Å²) < 4.78 is 44.0. The summed E-state index contributed by atoms with van der Waals surface area (Å²) in [4.78, 5) is 7.01. The van der Waals surface area contributed by atoms with Crippen molar-refractivity contribution in [1.29, 1.82) is 0 Å². The fraction of sp³-hybridized carbons (Fsp3) is 0.692. The molecule has 2 rings (SSSR count). The van der Waals surface area contributed by atoms with Gasteiger partial charge in [0.25, 0.3) is 0 Å². The Morgan fingerprint density at radius 2 is 1.95 bits per heavy atom. The van der Waals surface area contributed by atoms with Crippen LogP contribution in [0.4, 0.5) is 24.8 Å². The van der Waals surface area contributed by atoms with Gasteiger partial charge in [-0.2, -0.15) is 13.2 Å². The van der Waals surface area contributed by atoms with Crippen molar-refractivity contribution < 1.29 is 17.9 Å². The van der Waals surface area contributed by atoms with Gasteiger partial charge in [0.2, 0.25) is 5.82 Å². The van der Waals surface area contributed by atoms with Gasteiger partial charge in [-0.15, -0.1) is 0 Å². The number of nitrogens with zero attached hydrogens (tertiary/aromatic N) is 2. The van der Waals surface area contributed by atoms with E-state index < -0.39 is 12.0 Å². The van der Waals surface area contributed by atoms with Gasteiger partial charge in [-0.25, -0.2) is 9.97 Å². The molecule has 21 heavy (non-hydrogen) atoms. The fourth-order valence-electron chi connectivity index (χ4n) is 2.19. The maximum Gasteiger partial charge on any atom is 0.451 e. The van der Waals surface area contributed by atoms with Gasteiger partial charge in [-0.1, -0.05) is 0 Å². The van der Waals surface area contributed by atoms with Gasteiger partial charge in [0.1, 0.15) is 11.6 Å². The van der Waals surface area contributed by atoms with Crippen molar-refractivity contribution in [3.05, 3.63) is 11.9 Å². The number of halogens is 3. The maximum absolute atomic E-state index is 12.8. The van der Waals surface area contributed by atoms with Crippen molar-refractivity contribution in [2.45, 2.75) is 38.5 Å². The molecule has 1 unspecified atom stereocenters. The molecule has 1 aliphatic heterocycles. The summed E-state index contributed by atoms with van der Waals surface area (Å²) in [6, 6.07) is 1.47. The van der Waals surface area contributed by atoms with E-state index in [-0.39, 0.29) is 17.2 Å². The fourth-order valence-corrected chi connectivity index (χ4v) is 2.19. The van der Waals surface area contributed by atoms with Crippen LogP contribution in [0.25, 0.3) is 0 Å². The molecular weight excluding hydrogens is 285 g/mol. The van der Waals surface area contributed by atoms with E-state index in [0.29, 0.717) is 19.7 Å². The minimum Gasteiger partial charge on any atom is -0.373 e. The summed E-state index contributed by atoms with van der Waals surface area (Å²) >= 11 is 0. The van der Waals surface area contributed by atoms with Crippen molar-refractivity contribution in [2.24, 2.45) is 0 Å². The van der Waals surface area contributed by atoms with Crippen LogP contribution in [0.5, 0.6) is 0 Å². The number of nitrogens with one attached hydrogen (secondary N) is 2. The number of aromatic nitrogens is 2. The Bertz CT molecular complexity index is 487. The van der Waals surface area contributed by atoms with E-state index in [1.165, 1.54) is 6.07 Å². The lowest BCUT2D eigenvalue weighted by Gasteiger charge is -2.24. The van der Waals surface area contributed by atoms with Crippen molar-refractivity contribution >= 4 is 11.6 Å². The standard InChI is InChI=1S/C13H19F3N4O/c1-3-17-9-7-10(20-11(19-9)13(14,15)16)18-8-12(2)5-4-6-21-12/h7H,3-6,8H2,1-2H3,(H2,17,18,19,20). The second-order valence-electron chi connectivity index (χ2n) is 5.25. The summed E-state index contributed by atoms with van der Waals surface area (Å²) in [5.74, 6) is -0.856. The summed E-state index contributed by atoms with van der Waals surface area (Å²) in [6.45, 7) is 5.29. The van der Waals surface area contributed by atoms with Crippen LogP contribution in [0.15, 0.2) is 6.07 Å². The number of hydrogen-bond donors (Lipinski definition) is 2. The Morgan fingerprint density at radius 3 is 2.48 bits per heavy atom. The lowest BCUT2D eigenvalue weighted by Crippen LogP contribution is -2.33. The molecule has 0 bridgehead atoms. The zero-order valence-corrected chi connectivity index (χ0v) is 12.0. The molecule has 2 N–H and O–H groups in total. The Balaban J connectivity index is 2.15. The smallest absolute Gasteiger partial charge is 0.373 e. The zero-order valence-electron chi connectivity index (χ0n) is 12.0. The van der Waals surface area contributed by atoms with Crippen molar-refractivity contribution in [1.82, 2.24) is 9.97 Å². The molecule has 1 saturated heterocycles. The molecule has 1 aromatic rings. The maximum atomic E-state index is 12.8. The van der Waals surface area contributed by atoms with Gasteiger partial charge < -0.3 is 15.4 Å². The number of alkyl halides is 3. The number of ether oxygens (including phenoxy) is 1. The highest BCUT2D eigenvalue weighted by molar-refractivity contribution is 5.48. The van der Waals surface area contributed by atoms with E-state index >= 15 is 0 Å². The summed E-state index contributed by atoms with van der Waals surface area (Å²) in [5.41, 5.74) is -0.359.